The zero-order valence-corrected chi connectivity index (χ0v) is 22.3. The van der Waals surface area contributed by atoms with Gasteiger partial charge in [-0.15, -0.1) is 0 Å². The van der Waals surface area contributed by atoms with Crippen LogP contribution in [0.15, 0.2) is 59.6 Å². The maximum atomic E-state index is 13.1. The van der Waals surface area contributed by atoms with E-state index in [9.17, 15) is 4.79 Å². The molecule has 0 saturated carbocycles. The van der Waals surface area contributed by atoms with E-state index < -0.39 is 0 Å². The minimum Gasteiger partial charge on any atom is -0.493 e. The fourth-order valence-corrected chi connectivity index (χ4v) is 5.12. The van der Waals surface area contributed by atoms with Gasteiger partial charge in [0.15, 0.2) is 0 Å². The molecule has 2 aromatic carbocycles. The Kier molecular flexibility index (Phi) is 8.08. The molecule has 0 spiro atoms. The molecule has 1 amide bonds. The van der Waals surface area contributed by atoms with Crippen LogP contribution in [0.2, 0.25) is 0 Å². The van der Waals surface area contributed by atoms with Gasteiger partial charge in [-0.2, -0.15) is 5.10 Å². The lowest BCUT2D eigenvalue weighted by atomic mass is 10.0. The maximum absolute atomic E-state index is 13.1. The van der Waals surface area contributed by atoms with Crippen LogP contribution in [-0.4, -0.2) is 38.1 Å². The second-order valence-corrected chi connectivity index (χ2v) is 10.8. The van der Waals surface area contributed by atoms with E-state index in [0.717, 1.165) is 46.7 Å². The Bertz CT molecular complexity index is 1250. The largest absolute Gasteiger partial charge is 0.493 e. The lowest BCUT2D eigenvalue weighted by molar-refractivity contribution is -0.122. The highest BCUT2D eigenvalue weighted by Crippen LogP contribution is 2.36. The van der Waals surface area contributed by atoms with E-state index in [1.807, 2.05) is 65.5 Å². The van der Waals surface area contributed by atoms with Gasteiger partial charge < -0.3 is 4.74 Å². The lowest BCUT2D eigenvalue weighted by Crippen LogP contribution is -2.28. The summed E-state index contributed by atoms with van der Waals surface area (Å²) in [4.78, 5) is 15.4. The Morgan fingerprint density at radius 2 is 1.94 bits per heavy atom. The van der Waals surface area contributed by atoms with Crippen LogP contribution in [0.1, 0.15) is 44.7 Å². The number of thiocarbonyl (C=S) groups is 1. The molecule has 0 aliphatic carbocycles. The van der Waals surface area contributed by atoms with Crippen molar-refractivity contribution < 1.29 is 9.53 Å². The van der Waals surface area contributed by atoms with Crippen LogP contribution in [-0.2, 0) is 4.79 Å². The summed E-state index contributed by atoms with van der Waals surface area (Å²) in [5.41, 5.74) is 4.72. The van der Waals surface area contributed by atoms with Crippen LogP contribution < -0.4 is 4.74 Å². The zero-order chi connectivity index (χ0) is 24.9. The van der Waals surface area contributed by atoms with E-state index in [1.54, 1.807) is 4.90 Å². The smallest absolute Gasteiger partial charge is 0.266 e. The maximum Gasteiger partial charge on any atom is 0.266 e. The molecule has 1 saturated heterocycles. The summed E-state index contributed by atoms with van der Waals surface area (Å²) in [6, 6.07) is 16.1. The molecule has 35 heavy (non-hydrogen) atoms. The van der Waals surface area contributed by atoms with Gasteiger partial charge in [-0.25, -0.2) is 4.68 Å². The van der Waals surface area contributed by atoms with Crippen molar-refractivity contribution in [2.45, 2.75) is 40.5 Å². The standard InChI is InChI=1S/C28H31N3O2S2/c1-5-6-14-30-27(32)25(35-28(30)34)16-21-17-31(22-10-8-7-9-11-22)29-26(21)24-13-12-23(15-20(24)4)33-18-19(2)3/h7-13,15-17,19H,5-6,14,18H2,1-4H3/b25-16-. The Hall–Kier alpha value is -2.90. The van der Waals surface area contributed by atoms with Gasteiger partial charge in [-0.3, -0.25) is 9.69 Å². The molecule has 0 atom stereocenters. The summed E-state index contributed by atoms with van der Waals surface area (Å²) in [5.74, 6) is 1.28. The summed E-state index contributed by atoms with van der Waals surface area (Å²) >= 11 is 6.87. The van der Waals surface area contributed by atoms with Crippen LogP contribution in [0.4, 0.5) is 0 Å². The number of benzene rings is 2. The number of carbonyl (C=O) groups is 1. The molecule has 1 aromatic heterocycles. The number of thioether (sulfide) groups is 1. The number of hydrogen-bond acceptors (Lipinski definition) is 5. The molecule has 0 N–H and O–H groups in total. The molecule has 1 aliphatic heterocycles. The summed E-state index contributed by atoms with van der Waals surface area (Å²) in [5, 5.41) is 4.93. The van der Waals surface area contributed by atoms with Crippen LogP contribution in [0.3, 0.4) is 0 Å². The number of hydrogen-bond donors (Lipinski definition) is 0. The lowest BCUT2D eigenvalue weighted by Gasteiger charge is -2.13. The van der Waals surface area contributed by atoms with Gasteiger partial charge in [0.05, 0.1) is 17.2 Å². The van der Waals surface area contributed by atoms with Gasteiger partial charge in [-0.05, 0) is 61.2 Å². The molecule has 0 bridgehead atoms. The molecule has 1 aliphatic rings. The third-order valence-electron chi connectivity index (χ3n) is 5.70. The third kappa shape index (κ3) is 5.85. The molecule has 2 heterocycles. The number of carbonyl (C=O) groups excluding carboxylic acids is 1. The molecule has 182 valence electrons. The second kappa shape index (κ2) is 11.2. The molecule has 4 rings (SSSR count). The van der Waals surface area contributed by atoms with Gasteiger partial charge in [0.25, 0.3) is 5.91 Å². The van der Waals surface area contributed by atoms with Crippen molar-refractivity contribution in [3.8, 4) is 22.7 Å². The van der Waals surface area contributed by atoms with Crippen molar-refractivity contribution in [3.63, 3.8) is 0 Å². The minimum atomic E-state index is -0.0268. The predicted molar refractivity (Wildman–Crippen MR) is 149 cm³/mol. The van der Waals surface area contributed by atoms with Crippen molar-refractivity contribution >= 4 is 40.3 Å². The van der Waals surface area contributed by atoms with Gasteiger partial charge >= 0.3 is 0 Å². The van der Waals surface area contributed by atoms with E-state index in [0.29, 0.717) is 28.3 Å². The minimum absolute atomic E-state index is 0.0268. The summed E-state index contributed by atoms with van der Waals surface area (Å²) in [6.45, 7) is 9.77. The number of nitrogens with zero attached hydrogens (tertiary/aromatic N) is 3. The first-order valence-electron chi connectivity index (χ1n) is 12.0. The topological polar surface area (TPSA) is 47.4 Å². The average molecular weight is 506 g/mol. The summed E-state index contributed by atoms with van der Waals surface area (Å²) < 4.78 is 8.40. The van der Waals surface area contributed by atoms with Crippen molar-refractivity contribution in [2.24, 2.45) is 5.92 Å². The highest BCUT2D eigenvalue weighted by Gasteiger charge is 2.32. The van der Waals surface area contributed by atoms with E-state index in [2.05, 4.69) is 27.7 Å². The molecule has 5 nitrogen and oxygen atoms in total. The van der Waals surface area contributed by atoms with E-state index in [-0.39, 0.29) is 5.91 Å². The fourth-order valence-electron chi connectivity index (χ4n) is 3.82. The quantitative estimate of drug-likeness (QED) is 0.234. The number of rotatable bonds is 9. The number of amides is 1. The first-order chi connectivity index (χ1) is 16.9. The highest BCUT2D eigenvalue weighted by molar-refractivity contribution is 8.26. The number of ether oxygens (including phenoxy) is 1. The predicted octanol–water partition coefficient (Wildman–Crippen LogP) is 6.88. The second-order valence-electron chi connectivity index (χ2n) is 9.08. The SMILES string of the molecule is CCCCN1C(=O)/C(=C/c2cn(-c3ccccc3)nc2-c2ccc(OCC(C)C)cc2C)SC1=S. The molecule has 0 unspecified atom stereocenters. The van der Waals surface area contributed by atoms with Crippen LogP contribution >= 0.6 is 24.0 Å². The van der Waals surface area contributed by atoms with E-state index in [4.69, 9.17) is 22.1 Å². The molecular formula is C28H31N3O2S2. The van der Waals surface area contributed by atoms with Gasteiger partial charge in [0.2, 0.25) is 0 Å². The first kappa shape index (κ1) is 25.2. The van der Waals surface area contributed by atoms with E-state index in [1.165, 1.54) is 11.8 Å². The number of aromatic nitrogens is 2. The van der Waals surface area contributed by atoms with Crippen LogP contribution in [0, 0.1) is 12.8 Å². The summed E-state index contributed by atoms with van der Waals surface area (Å²) in [6.07, 6.45) is 5.85. The van der Waals surface area contributed by atoms with Gasteiger partial charge in [0, 0.05) is 23.9 Å². The fraction of sp³-hybridized carbons (Fsp3) is 0.321. The normalized spacial score (nSPS) is 15.0. The zero-order valence-electron chi connectivity index (χ0n) is 20.7. The van der Waals surface area contributed by atoms with Crippen LogP contribution in [0.25, 0.3) is 23.0 Å². The summed E-state index contributed by atoms with van der Waals surface area (Å²) in [7, 11) is 0. The van der Waals surface area contributed by atoms with Gasteiger partial charge in [0.1, 0.15) is 15.8 Å². The molecule has 1 fully saturated rings. The highest BCUT2D eigenvalue weighted by atomic mass is 32.2. The van der Waals surface area contributed by atoms with Crippen molar-refractivity contribution in [2.75, 3.05) is 13.2 Å². The monoisotopic (exact) mass is 505 g/mol. The number of para-hydroxylation sites is 1. The van der Waals surface area contributed by atoms with Crippen molar-refractivity contribution in [1.82, 2.24) is 14.7 Å². The van der Waals surface area contributed by atoms with Gasteiger partial charge in [-0.1, -0.05) is 69.4 Å². The third-order valence-corrected chi connectivity index (χ3v) is 7.07. The molecule has 3 aromatic rings. The molecule has 7 heteroatoms. The van der Waals surface area contributed by atoms with E-state index >= 15 is 0 Å². The van der Waals surface area contributed by atoms with Crippen molar-refractivity contribution in [3.05, 3.63) is 70.8 Å². The number of unbranched alkanes of at least 4 members (excludes halogenated alkanes) is 1. The van der Waals surface area contributed by atoms with Crippen molar-refractivity contribution in [1.29, 1.82) is 0 Å². The Labute approximate surface area is 217 Å². The first-order valence-corrected chi connectivity index (χ1v) is 13.2. The van der Waals surface area contributed by atoms with Crippen LogP contribution in [0.5, 0.6) is 5.75 Å². The Balaban J connectivity index is 1.74. The molecular weight excluding hydrogens is 474 g/mol. The Morgan fingerprint density at radius 3 is 2.63 bits per heavy atom. The average Bonchev–Trinajstić information content (AvgIpc) is 3.37. The molecule has 0 radical (unpaired) electrons. The number of aryl methyl sites for hydroxylation is 1. The Morgan fingerprint density at radius 1 is 1.17 bits per heavy atom.